The Hall–Kier alpha value is -2.22. The maximum absolute atomic E-state index is 11.8. The van der Waals surface area contributed by atoms with Crippen molar-refractivity contribution in [1.82, 2.24) is 14.9 Å². The number of aliphatic carboxylic acids is 1. The van der Waals surface area contributed by atoms with Crippen molar-refractivity contribution in [3.63, 3.8) is 0 Å². The number of carbonyl (C=O) groups is 2. The van der Waals surface area contributed by atoms with Gasteiger partial charge in [-0.05, 0) is 18.6 Å². The standard InChI is InChI=1S/C14H17N3O4S/c1-17-8-7-16-14(17)22-9-10-4-5-11(21-10)13(20)15-6-2-3-12(18)19/h4-5,7-8H,2-3,6,9H2,1H3,(H,15,20)(H,18,19). The molecule has 0 fully saturated rings. The molecule has 0 atom stereocenters. The molecule has 2 aromatic heterocycles. The van der Waals surface area contributed by atoms with Gasteiger partial charge < -0.3 is 19.4 Å². The quantitative estimate of drug-likeness (QED) is 0.569. The fourth-order valence-corrected chi connectivity index (χ4v) is 2.56. The Morgan fingerprint density at radius 3 is 2.95 bits per heavy atom. The highest BCUT2D eigenvalue weighted by atomic mass is 32.2. The Kier molecular flexibility index (Phi) is 5.65. The van der Waals surface area contributed by atoms with E-state index in [2.05, 4.69) is 10.3 Å². The minimum atomic E-state index is -0.874. The maximum Gasteiger partial charge on any atom is 0.303 e. The number of nitrogens with one attached hydrogen (secondary N) is 1. The molecule has 2 N–H and O–H groups in total. The van der Waals surface area contributed by atoms with Crippen LogP contribution in [0, 0.1) is 0 Å². The minimum absolute atomic E-state index is 0.0317. The molecule has 0 aromatic carbocycles. The highest BCUT2D eigenvalue weighted by Gasteiger charge is 2.11. The zero-order valence-corrected chi connectivity index (χ0v) is 12.9. The molecule has 2 heterocycles. The largest absolute Gasteiger partial charge is 0.481 e. The van der Waals surface area contributed by atoms with Crippen molar-refractivity contribution >= 4 is 23.6 Å². The second kappa shape index (κ2) is 7.69. The number of nitrogens with zero attached hydrogens (tertiary/aromatic N) is 2. The summed E-state index contributed by atoms with van der Waals surface area (Å²) in [6.45, 7) is 0.309. The smallest absolute Gasteiger partial charge is 0.303 e. The summed E-state index contributed by atoms with van der Waals surface area (Å²) < 4.78 is 7.38. The summed E-state index contributed by atoms with van der Waals surface area (Å²) in [6.07, 6.45) is 4.01. The SMILES string of the molecule is Cn1ccnc1SCc1ccc(C(=O)NCCCC(=O)O)o1. The summed E-state index contributed by atoms with van der Waals surface area (Å²) in [4.78, 5) is 26.4. The molecule has 2 aromatic rings. The van der Waals surface area contributed by atoms with Crippen molar-refractivity contribution in [2.45, 2.75) is 23.8 Å². The highest BCUT2D eigenvalue weighted by molar-refractivity contribution is 7.98. The van der Waals surface area contributed by atoms with E-state index in [4.69, 9.17) is 9.52 Å². The predicted octanol–water partition coefficient (Wildman–Crippen LogP) is 1.90. The van der Waals surface area contributed by atoms with Crippen LogP contribution in [0.3, 0.4) is 0 Å². The number of amides is 1. The second-order valence-electron chi connectivity index (χ2n) is 4.63. The fourth-order valence-electron chi connectivity index (χ4n) is 1.73. The van der Waals surface area contributed by atoms with E-state index in [1.165, 1.54) is 11.8 Å². The Balaban J connectivity index is 1.79. The van der Waals surface area contributed by atoms with Gasteiger partial charge in [0.2, 0.25) is 0 Å². The highest BCUT2D eigenvalue weighted by Crippen LogP contribution is 2.21. The van der Waals surface area contributed by atoms with Crippen LogP contribution in [0.5, 0.6) is 0 Å². The van der Waals surface area contributed by atoms with Crippen molar-refractivity contribution in [3.05, 3.63) is 36.0 Å². The molecule has 0 unspecified atom stereocenters. The summed E-state index contributed by atoms with van der Waals surface area (Å²) in [6, 6.07) is 3.36. The first-order valence-electron chi connectivity index (χ1n) is 6.75. The third-order valence-corrected chi connectivity index (χ3v) is 3.94. The molecular weight excluding hydrogens is 306 g/mol. The molecule has 0 spiro atoms. The van der Waals surface area contributed by atoms with Gasteiger partial charge in [-0.25, -0.2) is 4.98 Å². The molecule has 0 aliphatic carbocycles. The summed E-state index contributed by atoms with van der Waals surface area (Å²) in [5.74, 6) is 0.283. The first kappa shape index (κ1) is 16.2. The van der Waals surface area contributed by atoms with Crippen LogP contribution >= 0.6 is 11.8 Å². The topological polar surface area (TPSA) is 97.4 Å². The molecule has 0 saturated heterocycles. The molecule has 2 rings (SSSR count). The van der Waals surface area contributed by atoms with Crippen LogP contribution in [0.4, 0.5) is 0 Å². The Morgan fingerprint density at radius 2 is 2.27 bits per heavy atom. The third kappa shape index (κ3) is 4.66. The van der Waals surface area contributed by atoms with Gasteiger partial charge in [-0.15, -0.1) is 0 Å². The summed E-state index contributed by atoms with van der Waals surface area (Å²) in [7, 11) is 1.91. The van der Waals surface area contributed by atoms with Crippen molar-refractivity contribution < 1.29 is 19.1 Å². The average Bonchev–Trinajstić information content (AvgIpc) is 3.10. The first-order valence-corrected chi connectivity index (χ1v) is 7.73. The molecule has 0 aliphatic heterocycles. The van der Waals surface area contributed by atoms with Gasteiger partial charge in [0, 0.05) is 32.4 Å². The van der Waals surface area contributed by atoms with E-state index in [0.717, 1.165) is 5.16 Å². The number of hydrogen-bond donors (Lipinski definition) is 2. The second-order valence-corrected chi connectivity index (χ2v) is 5.57. The van der Waals surface area contributed by atoms with Gasteiger partial charge >= 0.3 is 5.97 Å². The number of aromatic nitrogens is 2. The van der Waals surface area contributed by atoms with Gasteiger partial charge in [0.1, 0.15) is 5.76 Å². The maximum atomic E-state index is 11.8. The summed E-state index contributed by atoms with van der Waals surface area (Å²) in [5.41, 5.74) is 0. The van der Waals surface area contributed by atoms with Crippen LogP contribution in [0.1, 0.15) is 29.2 Å². The van der Waals surface area contributed by atoms with Gasteiger partial charge in [-0.1, -0.05) is 11.8 Å². The lowest BCUT2D eigenvalue weighted by Gasteiger charge is -2.01. The van der Waals surface area contributed by atoms with E-state index in [1.807, 2.05) is 17.8 Å². The van der Waals surface area contributed by atoms with Crippen LogP contribution in [0.25, 0.3) is 0 Å². The summed E-state index contributed by atoms with van der Waals surface area (Å²) in [5, 5.41) is 12.0. The number of hydrogen-bond acceptors (Lipinski definition) is 5. The number of carboxylic acid groups (broad SMARTS) is 1. The monoisotopic (exact) mass is 323 g/mol. The van der Waals surface area contributed by atoms with Gasteiger partial charge in [0.25, 0.3) is 5.91 Å². The zero-order chi connectivity index (χ0) is 15.9. The predicted molar refractivity (Wildman–Crippen MR) is 80.7 cm³/mol. The van der Waals surface area contributed by atoms with E-state index in [0.29, 0.717) is 24.5 Å². The van der Waals surface area contributed by atoms with Crippen molar-refractivity contribution in [3.8, 4) is 0 Å². The molecule has 1 amide bonds. The minimum Gasteiger partial charge on any atom is -0.481 e. The Morgan fingerprint density at radius 1 is 1.45 bits per heavy atom. The van der Waals surface area contributed by atoms with E-state index >= 15 is 0 Å². The van der Waals surface area contributed by atoms with Gasteiger partial charge in [0.15, 0.2) is 10.9 Å². The molecule has 22 heavy (non-hydrogen) atoms. The van der Waals surface area contributed by atoms with Crippen LogP contribution in [0.15, 0.2) is 34.1 Å². The number of carboxylic acids is 1. The number of rotatable bonds is 8. The lowest BCUT2D eigenvalue weighted by Crippen LogP contribution is -2.24. The van der Waals surface area contributed by atoms with Gasteiger partial charge in [-0.3, -0.25) is 9.59 Å². The van der Waals surface area contributed by atoms with Crippen LogP contribution in [0.2, 0.25) is 0 Å². The number of thioether (sulfide) groups is 1. The lowest BCUT2D eigenvalue weighted by atomic mass is 10.3. The number of imidazole rings is 1. The van der Waals surface area contributed by atoms with Crippen molar-refractivity contribution in [2.75, 3.05) is 6.54 Å². The number of aryl methyl sites for hydroxylation is 1. The summed E-state index contributed by atoms with van der Waals surface area (Å²) >= 11 is 1.52. The van der Waals surface area contributed by atoms with Gasteiger partial charge in [-0.2, -0.15) is 0 Å². The third-order valence-electron chi connectivity index (χ3n) is 2.86. The zero-order valence-electron chi connectivity index (χ0n) is 12.1. The lowest BCUT2D eigenvalue weighted by molar-refractivity contribution is -0.137. The molecule has 0 bridgehead atoms. The Labute approximate surface area is 131 Å². The first-order chi connectivity index (χ1) is 10.6. The van der Waals surface area contributed by atoms with Crippen molar-refractivity contribution in [2.24, 2.45) is 7.05 Å². The number of carbonyl (C=O) groups excluding carboxylic acids is 1. The van der Waals surface area contributed by atoms with Crippen LogP contribution in [-0.2, 0) is 17.6 Å². The van der Waals surface area contributed by atoms with E-state index in [1.54, 1.807) is 18.3 Å². The van der Waals surface area contributed by atoms with E-state index < -0.39 is 5.97 Å². The molecule has 7 nitrogen and oxygen atoms in total. The molecule has 0 saturated carbocycles. The number of furan rings is 1. The molecule has 0 aliphatic rings. The molecular formula is C14H17N3O4S. The van der Waals surface area contributed by atoms with Gasteiger partial charge in [0.05, 0.1) is 5.75 Å². The van der Waals surface area contributed by atoms with Crippen LogP contribution in [-0.4, -0.2) is 33.1 Å². The fraction of sp³-hybridized carbons (Fsp3) is 0.357. The average molecular weight is 323 g/mol. The molecule has 0 radical (unpaired) electrons. The molecule has 118 valence electrons. The van der Waals surface area contributed by atoms with Crippen molar-refractivity contribution in [1.29, 1.82) is 0 Å². The van der Waals surface area contributed by atoms with E-state index in [-0.39, 0.29) is 18.1 Å². The van der Waals surface area contributed by atoms with E-state index in [9.17, 15) is 9.59 Å². The normalized spacial score (nSPS) is 10.6. The molecule has 8 heteroatoms. The Bertz CT molecular complexity index is 650. The van der Waals surface area contributed by atoms with Crippen LogP contribution < -0.4 is 5.32 Å².